The zero-order valence-electron chi connectivity index (χ0n) is 12.4. The van der Waals surface area contributed by atoms with Gasteiger partial charge in [0.1, 0.15) is 0 Å². The van der Waals surface area contributed by atoms with Crippen LogP contribution in [0.15, 0.2) is 30.5 Å². The number of carbonyl (C=O) groups excluding carboxylic acids is 1. The fraction of sp³-hybridized carbons (Fsp3) is 0.438. The number of nitrogens with one attached hydrogen (secondary N) is 2. The first-order valence-electron chi connectivity index (χ1n) is 7.23. The molecule has 0 fully saturated rings. The molecule has 0 bridgehead atoms. The average molecular weight is 273 g/mol. The van der Waals surface area contributed by atoms with E-state index in [1.54, 1.807) is 0 Å². The lowest BCUT2D eigenvalue weighted by atomic mass is 10.1. The Kier molecular flexibility index (Phi) is 4.79. The molecule has 1 atom stereocenters. The number of nitrogens with zero attached hydrogens (tertiary/aromatic N) is 1. The Morgan fingerprint density at radius 1 is 1.30 bits per heavy atom. The zero-order chi connectivity index (χ0) is 14.5. The highest BCUT2D eigenvalue weighted by Gasteiger charge is 2.17. The summed E-state index contributed by atoms with van der Waals surface area (Å²) in [5.74, 6) is 0.163. The van der Waals surface area contributed by atoms with Gasteiger partial charge in [0.2, 0.25) is 5.91 Å². The molecule has 20 heavy (non-hydrogen) atoms. The molecule has 108 valence electrons. The van der Waals surface area contributed by atoms with Gasteiger partial charge in [0, 0.05) is 31.3 Å². The van der Waals surface area contributed by atoms with Crippen molar-refractivity contribution in [1.82, 2.24) is 15.2 Å². The maximum absolute atomic E-state index is 12.2. The van der Waals surface area contributed by atoms with Crippen LogP contribution in [-0.4, -0.2) is 34.9 Å². The van der Waals surface area contributed by atoms with Gasteiger partial charge in [0.15, 0.2) is 0 Å². The van der Waals surface area contributed by atoms with Crippen LogP contribution in [0.1, 0.15) is 26.3 Å². The first-order chi connectivity index (χ1) is 9.65. The monoisotopic (exact) mass is 273 g/mol. The molecule has 2 aromatic rings. The SMILES string of the molecule is CCN(CC)C(=O)C(C)NCc1ccc2cc[nH]c2c1. The number of aromatic nitrogens is 1. The molecule has 0 spiro atoms. The highest BCUT2D eigenvalue weighted by atomic mass is 16.2. The maximum Gasteiger partial charge on any atom is 0.239 e. The Hall–Kier alpha value is -1.81. The zero-order valence-corrected chi connectivity index (χ0v) is 12.4. The highest BCUT2D eigenvalue weighted by Crippen LogP contribution is 2.14. The van der Waals surface area contributed by atoms with Crippen LogP contribution in [0, 0.1) is 0 Å². The molecule has 0 saturated heterocycles. The van der Waals surface area contributed by atoms with Crippen molar-refractivity contribution in [3.05, 3.63) is 36.0 Å². The molecule has 2 rings (SSSR count). The van der Waals surface area contributed by atoms with Crippen LogP contribution in [0.25, 0.3) is 10.9 Å². The van der Waals surface area contributed by atoms with Crippen LogP contribution in [0.4, 0.5) is 0 Å². The van der Waals surface area contributed by atoms with E-state index < -0.39 is 0 Å². The van der Waals surface area contributed by atoms with Gasteiger partial charge in [0.25, 0.3) is 0 Å². The van der Waals surface area contributed by atoms with E-state index in [0.29, 0.717) is 6.54 Å². The lowest BCUT2D eigenvalue weighted by molar-refractivity contribution is -0.132. The van der Waals surface area contributed by atoms with Crippen molar-refractivity contribution in [2.24, 2.45) is 0 Å². The minimum absolute atomic E-state index is 0.158. The van der Waals surface area contributed by atoms with E-state index >= 15 is 0 Å². The number of hydrogen-bond donors (Lipinski definition) is 2. The molecular weight excluding hydrogens is 250 g/mol. The van der Waals surface area contributed by atoms with Gasteiger partial charge in [-0.2, -0.15) is 0 Å². The lowest BCUT2D eigenvalue weighted by Gasteiger charge is -2.23. The van der Waals surface area contributed by atoms with Crippen LogP contribution in [0.5, 0.6) is 0 Å². The smallest absolute Gasteiger partial charge is 0.239 e. The molecule has 0 aliphatic rings. The second-order valence-electron chi connectivity index (χ2n) is 5.01. The number of amides is 1. The Morgan fingerprint density at radius 2 is 2.05 bits per heavy atom. The first kappa shape index (κ1) is 14.6. The van der Waals surface area contributed by atoms with Crippen molar-refractivity contribution in [3.63, 3.8) is 0 Å². The molecule has 4 heteroatoms. The molecule has 1 aromatic carbocycles. The molecule has 1 unspecified atom stereocenters. The van der Waals surface area contributed by atoms with Crippen LogP contribution < -0.4 is 5.32 Å². The second kappa shape index (κ2) is 6.57. The predicted octanol–water partition coefficient (Wildman–Crippen LogP) is 2.51. The van der Waals surface area contributed by atoms with E-state index in [4.69, 9.17) is 0 Å². The van der Waals surface area contributed by atoms with Crippen molar-refractivity contribution in [1.29, 1.82) is 0 Å². The van der Waals surface area contributed by atoms with E-state index in [2.05, 4.69) is 34.6 Å². The van der Waals surface area contributed by atoms with Crippen LogP contribution >= 0.6 is 0 Å². The number of likely N-dealkylation sites (N-methyl/N-ethyl adjacent to an activating group) is 1. The van der Waals surface area contributed by atoms with E-state index in [-0.39, 0.29) is 11.9 Å². The van der Waals surface area contributed by atoms with Gasteiger partial charge < -0.3 is 15.2 Å². The van der Waals surface area contributed by atoms with Gasteiger partial charge in [-0.1, -0.05) is 12.1 Å². The number of fused-ring (bicyclic) bond motifs is 1. The fourth-order valence-electron chi connectivity index (χ4n) is 2.37. The lowest BCUT2D eigenvalue weighted by Crippen LogP contribution is -2.44. The summed E-state index contributed by atoms with van der Waals surface area (Å²) in [6.07, 6.45) is 1.94. The summed E-state index contributed by atoms with van der Waals surface area (Å²) in [7, 11) is 0. The van der Waals surface area contributed by atoms with Crippen LogP contribution in [0.2, 0.25) is 0 Å². The third-order valence-corrected chi connectivity index (χ3v) is 3.68. The van der Waals surface area contributed by atoms with Crippen molar-refractivity contribution in [2.75, 3.05) is 13.1 Å². The molecule has 0 radical (unpaired) electrons. The molecule has 1 heterocycles. The maximum atomic E-state index is 12.2. The quantitative estimate of drug-likeness (QED) is 0.849. The normalized spacial score (nSPS) is 12.6. The second-order valence-corrected chi connectivity index (χ2v) is 5.01. The van der Waals surface area contributed by atoms with E-state index in [1.807, 2.05) is 31.9 Å². The van der Waals surface area contributed by atoms with Gasteiger partial charge in [-0.3, -0.25) is 4.79 Å². The fourth-order valence-corrected chi connectivity index (χ4v) is 2.37. The third kappa shape index (κ3) is 3.20. The van der Waals surface area contributed by atoms with Crippen molar-refractivity contribution < 1.29 is 4.79 Å². The van der Waals surface area contributed by atoms with Gasteiger partial charge in [-0.25, -0.2) is 0 Å². The standard InChI is InChI=1S/C16H23N3O/c1-4-19(5-2)16(20)12(3)18-11-13-6-7-14-8-9-17-15(14)10-13/h6-10,12,17-18H,4-5,11H2,1-3H3. The van der Waals surface area contributed by atoms with Crippen molar-refractivity contribution >= 4 is 16.8 Å². The Morgan fingerprint density at radius 3 is 2.75 bits per heavy atom. The minimum Gasteiger partial charge on any atom is -0.361 e. The summed E-state index contributed by atoms with van der Waals surface area (Å²) in [4.78, 5) is 17.2. The Labute approximate surface area is 120 Å². The van der Waals surface area contributed by atoms with Crippen molar-refractivity contribution in [3.8, 4) is 0 Å². The number of benzene rings is 1. The highest BCUT2D eigenvalue weighted by molar-refractivity contribution is 5.81. The molecule has 2 N–H and O–H groups in total. The molecule has 0 saturated carbocycles. The minimum atomic E-state index is -0.158. The summed E-state index contributed by atoms with van der Waals surface area (Å²) < 4.78 is 0. The molecule has 0 aliphatic carbocycles. The van der Waals surface area contributed by atoms with Gasteiger partial charge >= 0.3 is 0 Å². The molecular formula is C16H23N3O. The van der Waals surface area contributed by atoms with Crippen molar-refractivity contribution in [2.45, 2.75) is 33.4 Å². The topological polar surface area (TPSA) is 48.1 Å². The largest absolute Gasteiger partial charge is 0.361 e. The summed E-state index contributed by atoms with van der Waals surface area (Å²) >= 11 is 0. The Bertz CT molecular complexity index is 572. The predicted molar refractivity (Wildman–Crippen MR) is 82.5 cm³/mol. The average Bonchev–Trinajstić information content (AvgIpc) is 2.93. The number of rotatable bonds is 6. The first-order valence-corrected chi connectivity index (χ1v) is 7.23. The summed E-state index contributed by atoms with van der Waals surface area (Å²) in [5.41, 5.74) is 2.31. The van der Waals surface area contributed by atoms with Gasteiger partial charge in [-0.15, -0.1) is 0 Å². The molecule has 4 nitrogen and oxygen atoms in total. The Balaban J connectivity index is 1.95. The molecule has 1 amide bonds. The van der Waals surface area contributed by atoms with Gasteiger partial charge in [0.05, 0.1) is 6.04 Å². The summed E-state index contributed by atoms with van der Waals surface area (Å²) in [5, 5.41) is 4.51. The van der Waals surface area contributed by atoms with E-state index in [1.165, 1.54) is 10.9 Å². The van der Waals surface area contributed by atoms with Crippen LogP contribution in [-0.2, 0) is 11.3 Å². The summed E-state index contributed by atoms with van der Waals surface area (Å²) in [6.45, 7) is 8.16. The number of aromatic amines is 1. The summed E-state index contributed by atoms with van der Waals surface area (Å²) in [6, 6.07) is 8.21. The molecule has 0 aliphatic heterocycles. The van der Waals surface area contributed by atoms with Gasteiger partial charge in [-0.05, 0) is 43.9 Å². The third-order valence-electron chi connectivity index (χ3n) is 3.68. The number of carbonyl (C=O) groups is 1. The number of hydrogen-bond acceptors (Lipinski definition) is 2. The molecule has 1 aromatic heterocycles. The van der Waals surface area contributed by atoms with Crippen LogP contribution in [0.3, 0.4) is 0 Å². The van der Waals surface area contributed by atoms with E-state index in [0.717, 1.165) is 18.6 Å². The van der Waals surface area contributed by atoms with E-state index in [9.17, 15) is 4.79 Å². The number of H-pyrrole nitrogens is 1.